The number of nitrogens with one attached hydrogen (secondary N) is 1. The van der Waals surface area contributed by atoms with Crippen molar-refractivity contribution in [1.29, 1.82) is 0 Å². The van der Waals surface area contributed by atoms with Crippen LogP contribution in [0.15, 0.2) is 54.6 Å². The molecule has 0 saturated heterocycles. The van der Waals surface area contributed by atoms with E-state index in [0.717, 1.165) is 5.56 Å². The van der Waals surface area contributed by atoms with Gasteiger partial charge in [0.05, 0.1) is 6.04 Å². The molecule has 0 saturated carbocycles. The Labute approximate surface area is 143 Å². The Morgan fingerprint density at radius 2 is 1.68 bits per heavy atom. The molecule has 1 N–H and O–H groups in total. The van der Waals surface area contributed by atoms with Gasteiger partial charge < -0.3 is 14.8 Å². The number of amides is 1. The molecule has 0 bridgehead atoms. The number of carbonyl (C=O) groups is 2. The van der Waals surface area contributed by atoms with Crippen LogP contribution in [0.5, 0.6) is 5.75 Å². The first-order valence-corrected chi connectivity index (χ1v) is 7.52. The van der Waals surface area contributed by atoms with Crippen molar-refractivity contribution >= 4 is 11.9 Å². The molecule has 0 heterocycles. The van der Waals surface area contributed by atoms with Crippen LogP contribution in [-0.4, -0.2) is 25.1 Å². The average Bonchev–Trinajstić information content (AvgIpc) is 2.60. The molecule has 0 fully saturated rings. The summed E-state index contributed by atoms with van der Waals surface area (Å²) in [7, 11) is 0. The topological polar surface area (TPSA) is 64.6 Å². The Kier molecular flexibility index (Phi) is 6.45. The Morgan fingerprint density at radius 1 is 1.04 bits per heavy atom. The van der Waals surface area contributed by atoms with Gasteiger partial charge in [-0.05, 0) is 24.6 Å². The fraction of sp³-hybridized carbons (Fsp3) is 0.222. The number of esters is 1. The van der Waals surface area contributed by atoms with Crippen LogP contribution in [0.3, 0.4) is 0 Å². The molecule has 0 spiro atoms. The van der Waals surface area contributed by atoms with E-state index in [2.05, 4.69) is 10.1 Å². The maximum Gasteiger partial charge on any atom is 0.387 e. The normalized spacial score (nSPS) is 11.7. The second-order valence-corrected chi connectivity index (χ2v) is 5.15. The highest BCUT2D eigenvalue weighted by Crippen LogP contribution is 2.21. The van der Waals surface area contributed by atoms with Crippen LogP contribution in [0, 0.1) is 0 Å². The second-order valence-electron chi connectivity index (χ2n) is 5.15. The van der Waals surface area contributed by atoms with Crippen molar-refractivity contribution in [1.82, 2.24) is 5.32 Å². The van der Waals surface area contributed by atoms with Crippen LogP contribution in [0.25, 0.3) is 0 Å². The van der Waals surface area contributed by atoms with Crippen molar-refractivity contribution in [2.24, 2.45) is 0 Å². The number of hydrogen-bond donors (Lipinski definition) is 1. The first-order chi connectivity index (χ1) is 12.0. The quantitative estimate of drug-likeness (QED) is 0.779. The minimum Gasteiger partial charge on any atom is -0.452 e. The molecule has 1 atom stereocenters. The molecule has 25 heavy (non-hydrogen) atoms. The van der Waals surface area contributed by atoms with Gasteiger partial charge in [0.15, 0.2) is 6.61 Å². The summed E-state index contributed by atoms with van der Waals surface area (Å²) in [5.74, 6) is -1.73. The van der Waals surface area contributed by atoms with Crippen LogP contribution in [0.4, 0.5) is 8.78 Å². The van der Waals surface area contributed by atoms with Crippen molar-refractivity contribution in [3.05, 3.63) is 65.7 Å². The van der Waals surface area contributed by atoms with Crippen molar-refractivity contribution in [3.8, 4) is 5.75 Å². The molecule has 132 valence electrons. The predicted octanol–water partition coefficient (Wildman–Crippen LogP) is 3.32. The molecule has 0 aliphatic carbocycles. The van der Waals surface area contributed by atoms with Crippen LogP contribution in [-0.2, 0) is 9.53 Å². The third-order valence-corrected chi connectivity index (χ3v) is 3.33. The second kappa shape index (κ2) is 8.77. The Balaban J connectivity index is 1.90. The zero-order valence-corrected chi connectivity index (χ0v) is 13.4. The molecule has 1 amide bonds. The molecule has 0 radical (unpaired) electrons. The zero-order valence-electron chi connectivity index (χ0n) is 13.4. The summed E-state index contributed by atoms with van der Waals surface area (Å²) < 4.78 is 33.8. The summed E-state index contributed by atoms with van der Waals surface area (Å²) in [6.45, 7) is -1.80. The summed E-state index contributed by atoms with van der Waals surface area (Å²) in [6, 6.07) is 14.4. The molecule has 2 aromatic rings. The molecule has 7 heteroatoms. The largest absolute Gasteiger partial charge is 0.452 e. The van der Waals surface area contributed by atoms with Gasteiger partial charge in [0.25, 0.3) is 5.91 Å². The van der Waals surface area contributed by atoms with E-state index in [9.17, 15) is 18.4 Å². The van der Waals surface area contributed by atoms with E-state index in [-0.39, 0.29) is 17.4 Å². The third kappa shape index (κ3) is 5.56. The number of ether oxygens (including phenoxy) is 2. The highest BCUT2D eigenvalue weighted by molar-refractivity contribution is 5.94. The predicted molar refractivity (Wildman–Crippen MR) is 86.4 cm³/mol. The first-order valence-electron chi connectivity index (χ1n) is 7.52. The summed E-state index contributed by atoms with van der Waals surface area (Å²) in [5, 5.41) is 2.68. The summed E-state index contributed by atoms with van der Waals surface area (Å²) >= 11 is 0. The standard InChI is InChI=1S/C18H17F2NO4/c1-12(13-7-3-2-4-8-13)21-16(22)11-24-17(23)14-9-5-6-10-15(14)25-18(19)20/h2-10,12,18H,11H2,1H3,(H,21,22). The Morgan fingerprint density at radius 3 is 2.36 bits per heavy atom. The van der Waals surface area contributed by atoms with Gasteiger partial charge in [-0.15, -0.1) is 0 Å². The molecular formula is C18H17F2NO4. The van der Waals surface area contributed by atoms with Crippen LogP contribution in [0.1, 0.15) is 28.9 Å². The lowest BCUT2D eigenvalue weighted by atomic mass is 10.1. The fourth-order valence-electron chi connectivity index (χ4n) is 2.15. The Hall–Kier alpha value is -2.96. The van der Waals surface area contributed by atoms with E-state index in [1.165, 1.54) is 24.3 Å². The summed E-state index contributed by atoms with van der Waals surface area (Å²) in [5.41, 5.74) is 0.726. The number of halogens is 2. The third-order valence-electron chi connectivity index (χ3n) is 3.33. The Bertz CT molecular complexity index is 722. The molecule has 0 aromatic heterocycles. The smallest absolute Gasteiger partial charge is 0.387 e. The van der Waals surface area contributed by atoms with E-state index in [0.29, 0.717) is 0 Å². The van der Waals surface area contributed by atoms with Gasteiger partial charge in [-0.1, -0.05) is 42.5 Å². The molecule has 2 aromatic carbocycles. The maximum absolute atomic E-state index is 12.3. The minimum atomic E-state index is -3.07. The average molecular weight is 349 g/mol. The lowest BCUT2D eigenvalue weighted by molar-refractivity contribution is -0.124. The first kappa shape index (κ1) is 18.4. The van der Waals surface area contributed by atoms with E-state index in [1.54, 1.807) is 6.92 Å². The summed E-state index contributed by atoms with van der Waals surface area (Å²) in [6.07, 6.45) is 0. The van der Waals surface area contributed by atoms with Crippen molar-refractivity contribution < 1.29 is 27.8 Å². The van der Waals surface area contributed by atoms with Crippen molar-refractivity contribution in [3.63, 3.8) is 0 Å². The highest BCUT2D eigenvalue weighted by atomic mass is 19.3. The van der Waals surface area contributed by atoms with Gasteiger partial charge in [0, 0.05) is 0 Å². The number of hydrogen-bond acceptors (Lipinski definition) is 4. The van der Waals surface area contributed by atoms with Crippen molar-refractivity contribution in [2.75, 3.05) is 6.61 Å². The number of carbonyl (C=O) groups excluding carboxylic acids is 2. The van der Waals surface area contributed by atoms with Crippen molar-refractivity contribution in [2.45, 2.75) is 19.6 Å². The van der Waals surface area contributed by atoms with E-state index < -0.39 is 25.1 Å². The number of para-hydroxylation sites is 1. The van der Waals surface area contributed by atoms with Crippen LogP contribution < -0.4 is 10.1 Å². The van der Waals surface area contributed by atoms with Crippen LogP contribution in [0.2, 0.25) is 0 Å². The van der Waals surface area contributed by atoms with Gasteiger partial charge >= 0.3 is 12.6 Å². The minimum absolute atomic E-state index is 0.174. The van der Waals surface area contributed by atoms with Gasteiger partial charge in [0.1, 0.15) is 11.3 Å². The fourth-order valence-corrected chi connectivity index (χ4v) is 2.15. The molecular weight excluding hydrogens is 332 g/mol. The summed E-state index contributed by atoms with van der Waals surface area (Å²) in [4.78, 5) is 23.9. The van der Waals surface area contributed by atoms with E-state index in [4.69, 9.17) is 4.74 Å². The lowest BCUT2D eigenvalue weighted by Gasteiger charge is -2.14. The molecule has 0 aliphatic rings. The number of benzene rings is 2. The molecule has 0 aliphatic heterocycles. The van der Waals surface area contributed by atoms with Gasteiger partial charge in [0.2, 0.25) is 0 Å². The lowest BCUT2D eigenvalue weighted by Crippen LogP contribution is -2.31. The van der Waals surface area contributed by atoms with Gasteiger partial charge in [-0.3, -0.25) is 4.79 Å². The number of rotatable bonds is 7. The number of alkyl halides is 2. The highest BCUT2D eigenvalue weighted by Gasteiger charge is 2.18. The van der Waals surface area contributed by atoms with E-state index in [1.807, 2.05) is 30.3 Å². The molecule has 5 nitrogen and oxygen atoms in total. The maximum atomic E-state index is 12.3. The van der Waals surface area contributed by atoms with Crippen LogP contribution >= 0.6 is 0 Å². The molecule has 2 rings (SSSR count). The van der Waals surface area contributed by atoms with Gasteiger partial charge in [-0.25, -0.2) is 4.79 Å². The zero-order chi connectivity index (χ0) is 18.2. The van der Waals surface area contributed by atoms with Gasteiger partial charge in [-0.2, -0.15) is 8.78 Å². The van der Waals surface area contributed by atoms with E-state index >= 15 is 0 Å². The SMILES string of the molecule is CC(NC(=O)COC(=O)c1ccccc1OC(F)F)c1ccccc1. The molecule has 1 unspecified atom stereocenters. The monoisotopic (exact) mass is 349 g/mol.